The molecule has 2 heteroatoms. The number of carbonyl (C=O) groups excluding carboxylic acids is 1. The van der Waals surface area contributed by atoms with Crippen molar-refractivity contribution in [2.24, 2.45) is 11.8 Å². The standard InChI is InChI=1S/C16H23NO/c1-3-12-6-4-5-7-14(12)16(18)13-8-9-15(17)11(2)10-13/h8-10,12,14H,3-7,17H2,1-2H3. The molecule has 0 radical (unpaired) electrons. The van der Waals surface area contributed by atoms with Gasteiger partial charge in [-0.25, -0.2) is 0 Å². The first-order valence-corrected chi connectivity index (χ1v) is 7.03. The number of nitrogen functional groups attached to an aromatic ring is 1. The smallest absolute Gasteiger partial charge is 0.166 e. The third kappa shape index (κ3) is 2.58. The number of nitrogens with two attached hydrogens (primary N) is 1. The van der Waals surface area contributed by atoms with E-state index in [4.69, 9.17) is 5.73 Å². The highest BCUT2D eigenvalue weighted by atomic mass is 16.1. The molecule has 0 amide bonds. The second-order valence-electron chi connectivity index (χ2n) is 5.49. The van der Waals surface area contributed by atoms with E-state index in [2.05, 4.69) is 6.92 Å². The van der Waals surface area contributed by atoms with Gasteiger partial charge < -0.3 is 5.73 Å². The van der Waals surface area contributed by atoms with Crippen LogP contribution in [0.25, 0.3) is 0 Å². The molecule has 2 unspecified atom stereocenters. The van der Waals surface area contributed by atoms with E-state index in [1.807, 2.05) is 25.1 Å². The van der Waals surface area contributed by atoms with Gasteiger partial charge in [0, 0.05) is 17.2 Å². The van der Waals surface area contributed by atoms with Crippen LogP contribution in [0.4, 0.5) is 5.69 Å². The van der Waals surface area contributed by atoms with Crippen LogP contribution in [0.2, 0.25) is 0 Å². The molecule has 2 rings (SSSR count). The average Bonchev–Trinajstić information content (AvgIpc) is 2.41. The summed E-state index contributed by atoms with van der Waals surface area (Å²) < 4.78 is 0. The Morgan fingerprint density at radius 2 is 2.06 bits per heavy atom. The van der Waals surface area contributed by atoms with Gasteiger partial charge in [0.05, 0.1) is 0 Å². The molecule has 0 bridgehead atoms. The summed E-state index contributed by atoms with van der Waals surface area (Å²) in [5.74, 6) is 1.13. The molecule has 1 aromatic carbocycles. The lowest BCUT2D eigenvalue weighted by atomic mass is 9.74. The maximum atomic E-state index is 12.6. The topological polar surface area (TPSA) is 43.1 Å². The minimum absolute atomic E-state index is 0.228. The van der Waals surface area contributed by atoms with Gasteiger partial charge in [-0.1, -0.05) is 26.2 Å². The molecule has 0 heterocycles. The van der Waals surface area contributed by atoms with Crippen LogP contribution in [-0.4, -0.2) is 5.78 Å². The zero-order chi connectivity index (χ0) is 13.1. The third-order valence-electron chi connectivity index (χ3n) is 4.32. The molecule has 98 valence electrons. The first-order chi connectivity index (χ1) is 8.63. The van der Waals surface area contributed by atoms with Crippen LogP contribution in [0, 0.1) is 18.8 Å². The van der Waals surface area contributed by atoms with Crippen molar-refractivity contribution in [1.29, 1.82) is 0 Å². The van der Waals surface area contributed by atoms with Crippen LogP contribution in [-0.2, 0) is 0 Å². The van der Waals surface area contributed by atoms with Crippen LogP contribution in [0.15, 0.2) is 18.2 Å². The molecule has 2 atom stereocenters. The average molecular weight is 245 g/mol. The van der Waals surface area contributed by atoms with Gasteiger partial charge in [-0.15, -0.1) is 0 Å². The van der Waals surface area contributed by atoms with E-state index in [0.717, 1.165) is 29.7 Å². The summed E-state index contributed by atoms with van der Waals surface area (Å²) in [6.45, 7) is 4.16. The first-order valence-electron chi connectivity index (χ1n) is 7.03. The zero-order valence-electron chi connectivity index (χ0n) is 11.4. The van der Waals surface area contributed by atoms with E-state index in [0.29, 0.717) is 11.7 Å². The summed E-state index contributed by atoms with van der Waals surface area (Å²) in [6.07, 6.45) is 5.86. The van der Waals surface area contributed by atoms with Gasteiger partial charge in [0.2, 0.25) is 0 Å². The van der Waals surface area contributed by atoms with E-state index >= 15 is 0 Å². The molecule has 1 aromatic rings. The van der Waals surface area contributed by atoms with E-state index < -0.39 is 0 Å². The van der Waals surface area contributed by atoms with Gasteiger partial charge in [-0.05, 0) is 49.4 Å². The molecule has 18 heavy (non-hydrogen) atoms. The monoisotopic (exact) mass is 245 g/mol. The van der Waals surface area contributed by atoms with Crippen molar-refractivity contribution >= 4 is 11.5 Å². The fourth-order valence-corrected chi connectivity index (χ4v) is 3.08. The van der Waals surface area contributed by atoms with Crippen molar-refractivity contribution in [2.75, 3.05) is 5.73 Å². The van der Waals surface area contributed by atoms with Gasteiger partial charge in [-0.3, -0.25) is 4.79 Å². The second kappa shape index (κ2) is 5.55. The Morgan fingerprint density at radius 1 is 1.33 bits per heavy atom. The van der Waals surface area contributed by atoms with Crippen LogP contribution in [0.3, 0.4) is 0 Å². The fourth-order valence-electron chi connectivity index (χ4n) is 3.08. The van der Waals surface area contributed by atoms with E-state index in [-0.39, 0.29) is 5.92 Å². The number of hydrogen-bond acceptors (Lipinski definition) is 2. The van der Waals surface area contributed by atoms with E-state index in [9.17, 15) is 4.79 Å². The van der Waals surface area contributed by atoms with Crippen LogP contribution in [0.1, 0.15) is 54.9 Å². The fraction of sp³-hybridized carbons (Fsp3) is 0.562. The Kier molecular flexibility index (Phi) is 4.05. The third-order valence-corrected chi connectivity index (χ3v) is 4.32. The van der Waals surface area contributed by atoms with Crippen LogP contribution >= 0.6 is 0 Å². The van der Waals surface area contributed by atoms with Crippen molar-refractivity contribution in [1.82, 2.24) is 0 Å². The van der Waals surface area contributed by atoms with Gasteiger partial charge in [0.1, 0.15) is 0 Å². The highest BCUT2D eigenvalue weighted by Gasteiger charge is 2.30. The number of rotatable bonds is 3. The number of Topliss-reactive ketones (excluding diaryl/α,β-unsaturated/α-hetero) is 1. The lowest BCUT2D eigenvalue weighted by Gasteiger charge is -2.29. The normalized spacial score (nSPS) is 23.9. The molecular formula is C16H23NO. The summed E-state index contributed by atoms with van der Waals surface area (Å²) >= 11 is 0. The van der Waals surface area contributed by atoms with E-state index in [1.165, 1.54) is 19.3 Å². The molecule has 2 nitrogen and oxygen atoms in total. The Labute approximate surface area is 110 Å². The zero-order valence-corrected chi connectivity index (χ0v) is 11.4. The lowest BCUT2D eigenvalue weighted by molar-refractivity contribution is 0.0820. The van der Waals surface area contributed by atoms with Crippen molar-refractivity contribution in [3.05, 3.63) is 29.3 Å². The summed E-state index contributed by atoms with van der Waals surface area (Å²) in [5, 5.41) is 0. The Balaban J connectivity index is 2.21. The number of carbonyl (C=O) groups is 1. The number of aryl methyl sites for hydroxylation is 1. The maximum absolute atomic E-state index is 12.6. The molecule has 1 fully saturated rings. The SMILES string of the molecule is CCC1CCCCC1C(=O)c1ccc(N)c(C)c1. The summed E-state index contributed by atoms with van der Waals surface area (Å²) in [6, 6.07) is 5.68. The van der Waals surface area contributed by atoms with Crippen molar-refractivity contribution in [2.45, 2.75) is 46.0 Å². The summed E-state index contributed by atoms with van der Waals surface area (Å²) in [4.78, 5) is 12.6. The summed E-state index contributed by atoms with van der Waals surface area (Å²) in [5.41, 5.74) is 8.42. The molecule has 0 spiro atoms. The molecule has 1 saturated carbocycles. The highest BCUT2D eigenvalue weighted by molar-refractivity contribution is 5.98. The number of ketones is 1. The quantitative estimate of drug-likeness (QED) is 0.646. The number of anilines is 1. The van der Waals surface area contributed by atoms with Crippen molar-refractivity contribution in [3.8, 4) is 0 Å². The minimum atomic E-state index is 0.228. The first kappa shape index (κ1) is 13.1. The Hall–Kier alpha value is -1.31. The van der Waals surface area contributed by atoms with Gasteiger partial charge in [-0.2, -0.15) is 0 Å². The second-order valence-corrected chi connectivity index (χ2v) is 5.49. The molecule has 1 aliphatic rings. The minimum Gasteiger partial charge on any atom is -0.399 e. The molecule has 0 aliphatic heterocycles. The molecule has 0 saturated heterocycles. The predicted molar refractivity (Wildman–Crippen MR) is 75.7 cm³/mol. The van der Waals surface area contributed by atoms with E-state index in [1.54, 1.807) is 0 Å². The van der Waals surface area contributed by atoms with Gasteiger partial charge in [0.25, 0.3) is 0 Å². The number of benzene rings is 1. The van der Waals surface area contributed by atoms with Crippen molar-refractivity contribution in [3.63, 3.8) is 0 Å². The Bertz CT molecular complexity index is 439. The highest BCUT2D eigenvalue weighted by Crippen LogP contribution is 2.34. The lowest BCUT2D eigenvalue weighted by Crippen LogP contribution is -2.27. The predicted octanol–water partition coefficient (Wildman–Crippen LogP) is 3.98. The van der Waals surface area contributed by atoms with Gasteiger partial charge >= 0.3 is 0 Å². The van der Waals surface area contributed by atoms with Crippen molar-refractivity contribution < 1.29 is 4.79 Å². The summed E-state index contributed by atoms with van der Waals surface area (Å²) in [7, 11) is 0. The molecule has 1 aliphatic carbocycles. The number of hydrogen-bond donors (Lipinski definition) is 1. The molecular weight excluding hydrogens is 222 g/mol. The van der Waals surface area contributed by atoms with Crippen LogP contribution in [0.5, 0.6) is 0 Å². The van der Waals surface area contributed by atoms with Gasteiger partial charge in [0.15, 0.2) is 5.78 Å². The maximum Gasteiger partial charge on any atom is 0.166 e. The Morgan fingerprint density at radius 3 is 2.72 bits per heavy atom. The largest absolute Gasteiger partial charge is 0.399 e. The molecule has 0 aromatic heterocycles. The van der Waals surface area contributed by atoms with Crippen LogP contribution < -0.4 is 5.73 Å². The molecule has 2 N–H and O–H groups in total.